The van der Waals surface area contributed by atoms with Crippen LogP contribution in [-0.4, -0.2) is 10.9 Å². The summed E-state index contributed by atoms with van der Waals surface area (Å²) in [5, 5.41) is 2.62. The second-order valence-electron chi connectivity index (χ2n) is 3.97. The van der Waals surface area contributed by atoms with Gasteiger partial charge in [0.1, 0.15) is 11.0 Å². The Morgan fingerprint density at radius 3 is 2.95 bits per heavy atom. The minimum atomic E-state index is -0.487. The summed E-state index contributed by atoms with van der Waals surface area (Å²) in [5.41, 5.74) is 6.75. The van der Waals surface area contributed by atoms with Gasteiger partial charge in [-0.15, -0.1) is 0 Å². The Balaban J connectivity index is 2.31. The largest absolute Gasteiger partial charge is 0.397 e. The zero-order valence-corrected chi connectivity index (χ0v) is 10.8. The lowest BCUT2D eigenvalue weighted by Gasteiger charge is -2.09. The highest BCUT2D eigenvalue weighted by Gasteiger charge is 2.14. The zero-order valence-electron chi connectivity index (χ0n) is 10.1. The van der Waals surface area contributed by atoms with E-state index in [9.17, 15) is 9.18 Å². The summed E-state index contributed by atoms with van der Waals surface area (Å²) in [6, 6.07) is 5.85. The number of aromatic nitrogens is 1. The van der Waals surface area contributed by atoms with Gasteiger partial charge in [-0.2, -0.15) is 0 Å². The van der Waals surface area contributed by atoms with Crippen molar-refractivity contribution in [3.63, 3.8) is 0 Å². The quantitative estimate of drug-likeness (QED) is 0.830. The number of hydrogen-bond donors (Lipinski definition) is 2. The number of carbonyl (C=O) groups excluding carboxylic acids is 1. The average molecular weight is 280 g/mol. The number of nitrogens with two attached hydrogens (primary N) is 1. The molecule has 0 fully saturated rings. The minimum Gasteiger partial charge on any atom is -0.397 e. The first-order valence-corrected chi connectivity index (χ1v) is 5.84. The van der Waals surface area contributed by atoms with Crippen molar-refractivity contribution in [1.82, 2.24) is 4.98 Å². The van der Waals surface area contributed by atoms with E-state index < -0.39 is 11.7 Å². The predicted octanol–water partition coefficient (Wildman–Crippen LogP) is 3.02. The topological polar surface area (TPSA) is 68.0 Å². The summed E-state index contributed by atoms with van der Waals surface area (Å²) in [6.07, 6.45) is 1.35. The third-order valence-corrected chi connectivity index (χ3v) is 2.92. The summed E-state index contributed by atoms with van der Waals surface area (Å²) in [7, 11) is 0. The van der Waals surface area contributed by atoms with Crippen LogP contribution in [0.2, 0.25) is 5.15 Å². The van der Waals surface area contributed by atoms with Crippen LogP contribution in [0.15, 0.2) is 30.5 Å². The lowest BCUT2D eigenvalue weighted by atomic mass is 10.1. The fourth-order valence-electron chi connectivity index (χ4n) is 1.56. The molecule has 0 aliphatic carbocycles. The first kappa shape index (κ1) is 13.3. The number of amides is 1. The number of halogens is 2. The monoisotopic (exact) mass is 279 g/mol. The van der Waals surface area contributed by atoms with Crippen molar-refractivity contribution in [2.24, 2.45) is 0 Å². The zero-order chi connectivity index (χ0) is 14.0. The maximum Gasteiger partial charge on any atom is 0.258 e. The Labute approximate surface area is 114 Å². The van der Waals surface area contributed by atoms with Crippen molar-refractivity contribution >= 4 is 28.9 Å². The number of pyridine rings is 1. The van der Waals surface area contributed by atoms with Crippen LogP contribution >= 0.6 is 11.6 Å². The van der Waals surface area contributed by atoms with Gasteiger partial charge in [0, 0.05) is 11.3 Å². The molecule has 1 heterocycles. The second-order valence-corrected chi connectivity index (χ2v) is 4.33. The third kappa shape index (κ3) is 2.82. The first-order valence-electron chi connectivity index (χ1n) is 5.46. The minimum absolute atomic E-state index is 0.0424. The fourth-order valence-corrected chi connectivity index (χ4v) is 1.75. The molecule has 19 heavy (non-hydrogen) atoms. The Bertz CT molecular complexity index is 646. The molecule has 1 amide bonds. The van der Waals surface area contributed by atoms with E-state index in [1.165, 1.54) is 24.4 Å². The van der Waals surface area contributed by atoms with Crippen molar-refractivity contribution in [1.29, 1.82) is 0 Å². The number of nitrogens with zero attached hydrogens (tertiary/aromatic N) is 1. The molecule has 2 rings (SSSR count). The van der Waals surface area contributed by atoms with Crippen LogP contribution in [0, 0.1) is 12.7 Å². The smallest absolute Gasteiger partial charge is 0.258 e. The van der Waals surface area contributed by atoms with E-state index in [-0.39, 0.29) is 10.7 Å². The number of carbonyl (C=O) groups is 1. The van der Waals surface area contributed by atoms with Crippen molar-refractivity contribution in [3.8, 4) is 0 Å². The van der Waals surface area contributed by atoms with Gasteiger partial charge in [-0.1, -0.05) is 17.7 Å². The molecule has 3 N–H and O–H groups in total. The number of rotatable bonds is 2. The van der Waals surface area contributed by atoms with Gasteiger partial charge in [-0.25, -0.2) is 9.37 Å². The molecule has 0 radical (unpaired) electrons. The molecule has 1 aromatic carbocycles. The third-order valence-electron chi connectivity index (χ3n) is 2.62. The van der Waals surface area contributed by atoms with Crippen LogP contribution in [0.25, 0.3) is 0 Å². The Morgan fingerprint density at radius 2 is 2.21 bits per heavy atom. The highest BCUT2D eigenvalue weighted by Crippen LogP contribution is 2.21. The summed E-state index contributed by atoms with van der Waals surface area (Å²) < 4.78 is 13.4. The van der Waals surface area contributed by atoms with Gasteiger partial charge in [-0.05, 0) is 25.1 Å². The molecular weight excluding hydrogens is 269 g/mol. The molecular formula is C13H11ClFN3O. The summed E-state index contributed by atoms with van der Waals surface area (Å²) in [4.78, 5) is 15.8. The van der Waals surface area contributed by atoms with Crippen molar-refractivity contribution in [2.45, 2.75) is 6.92 Å². The van der Waals surface area contributed by atoms with Gasteiger partial charge in [0.25, 0.3) is 5.91 Å². The van der Waals surface area contributed by atoms with Crippen LogP contribution in [0.4, 0.5) is 15.8 Å². The lowest BCUT2D eigenvalue weighted by molar-refractivity contribution is 0.102. The lowest BCUT2D eigenvalue weighted by Crippen LogP contribution is -2.14. The number of nitrogens with one attached hydrogen (secondary N) is 1. The average Bonchev–Trinajstić information content (AvgIpc) is 2.38. The summed E-state index contributed by atoms with van der Waals surface area (Å²) in [6.45, 7) is 1.57. The molecule has 1 aromatic heterocycles. The molecule has 0 saturated heterocycles. The molecule has 0 aliphatic heterocycles. The van der Waals surface area contributed by atoms with E-state index >= 15 is 0 Å². The summed E-state index contributed by atoms with van der Waals surface area (Å²) in [5.74, 6) is -0.881. The highest BCUT2D eigenvalue weighted by atomic mass is 35.5. The molecule has 2 aromatic rings. The molecule has 0 unspecified atom stereocenters. The molecule has 0 saturated carbocycles. The van der Waals surface area contributed by atoms with E-state index in [1.807, 2.05) is 0 Å². The van der Waals surface area contributed by atoms with Crippen molar-refractivity contribution < 1.29 is 9.18 Å². The molecule has 4 nitrogen and oxygen atoms in total. The molecule has 0 bridgehead atoms. The van der Waals surface area contributed by atoms with Gasteiger partial charge in [0.2, 0.25) is 0 Å². The van der Waals surface area contributed by atoms with Crippen LogP contribution in [-0.2, 0) is 0 Å². The van der Waals surface area contributed by atoms with Crippen LogP contribution in [0.3, 0.4) is 0 Å². The first-order chi connectivity index (χ1) is 8.99. The van der Waals surface area contributed by atoms with Crippen molar-refractivity contribution in [3.05, 3.63) is 52.6 Å². The molecule has 6 heteroatoms. The predicted molar refractivity (Wildman–Crippen MR) is 72.7 cm³/mol. The van der Waals surface area contributed by atoms with E-state index in [1.54, 1.807) is 13.0 Å². The second kappa shape index (κ2) is 5.24. The van der Waals surface area contributed by atoms with Gasteiger partial charge < -0.3 is 11.1 Å². The number of benzene rings is 1. The SMILES string of the molecule is Cc1c(F)cccc1NC(=O)c1cc(N)cnc1Cl. The molecule has 98 valence electrons. The molecule has 0 aliphatic rings. The van der Waals surface area contributed by atoms with E-state index in [2.05, 4.69) is 10.3 Å². The fraction of sp³-hybridized carbons (Fsp3) is 0.0769. The van der Waals surface area contributed by atoms with Crippen LogP contribution in [0.5, 0.6) is 0 Å². The van der Waals surface area contributed by atoms with Gasteiger partial charge in [0.15, 0.2) is 0 Å². The Kier molecular flexibility index (Phi) is 3.66. The van der Waals surface area contributed by atoms with Crippen LogP contribution in [0.1, 0.15) is 15.9 Å². The van der Waals surface area contributed by atoms with E-state index in [4.69, 9.17) is 17.3 Å². The summed E-state index contributed by atoms with van der Waals surface area (Å²) >= 11 is 5.83. The maximum atomic E-state index is 13.4. The Hall–Kier alpha value is -2.14. The number of anilines is 2. The van der Waals surface area contributed by atoms with Crippen LogP contribution < -0.4 is 11.1 Å². The number of hydrogen-bond acceptors (Lipinski definition) is 3. The van der Waals surface area contributed by atoms with Crippen molar-refractivity contribution in [2.75, 3.05) is 11.1 Å². The van der Waals surface area contributed by atoms with Gasteiger partial charge >= 0.3 is 0 Å². The maximum absolute atomic E-state index is 13.4. The van der Waals surface area contributed by atoms with Gasteiger partial charge in [-0.3, -0.25) is 4.79 Å². The van der Waals surface area contributed by atoms with E-state index in [0.717, 1.165) is 0 Å². The standard InChI is InChI=1S/C13H11ClFN3O/c1-7-10(15)3-2-4-11(7)18-13(19)9-5-8(16)6-17-12(9)14/h2-6H,16H2,1H3,(H,18,19). The molecule has 0 atom stereocenters. The molecule has 0 spiro atoms. The highest BCUT2D eigenvalue weighted by molar-refractivity contribution is 6.33. The Morgan fingerprint density at radius 1 is 1.47 bits per heavy atom. The normalized spacial score (nSPS) is 10.3. The van der Waals surface area contributed by atoms with Gasteiger partial charge in [0.05, 0.1) is 17.4 Å². The number of nitrogen functional groups attached to an aromatic ring is 1. The van der Waals surface area contributed by atoms with E-state index in [0.29, 0.717) is 16.9 Å².